The van der Waals surface area contributed by atoms with Crippen LogP contribution < -0.4 is 5.32 Å². The smallest absolute Gasteiger partial charge is 0.335 e. The molecule has 0 fully saturated rings. The zero-order chi connectivity index (χ0) is 13.0. The Hall–Kier alpha value is -2.10. The number of hydrogen-bond donors (Lipinski definition) is 2. The molecule has 0 spiro atoms. The number of amides is 1. The zero-order valence-electron chi connectivity index (χ0n) is 9.93. The molecule has 94 valence electrons. The van der Waals surface area contributed by atoms with Crippen molar-refractivity contribution in [2.45, 2.75) is 25.3 Å². The summed E-state index contributed by atoms with van der Waals surface area (Å²) in [6.07, 6.45) is 6.90. The molecular formula is C14H15NO3. The van der Waals surface area contributed by atoms with E-state index in [1.807, 2.05) is 0 Å². The lowest BCUT2D eigenvalue weighted by Crippen LogP contribution is -2.35. The summed E-state index contributed by atoms with van der Waals surface area (Å²) in [6, 6.07) is 6.23. The molecule has 1 unspecified atom stereocenters. The first-order chi connectivity index (χ1) is 8.66. The zero-order valence-corrected chi connectivity index (χ0v) is 9.93. The highest BCUT2D eigenvalue weighted by Crippen LogP contribution is 2.12. The SMILES string of the molecule is O=C(O)c1cccc(C(=O)NC2CC=CCC2)c1. The third-order valence-electron chi connectivity index (χ3n) is 2.98. The highest BCUT2D eigenvalue weighted by atomic mass is 16.4. The molecule has 0 saturated carbocycles. The summed E-state index contributed by atoms with van der Waals surface area (Å²) in [4.78, 5) is 22.8. The Morgan fingerprint density at radius 2 is 2.00 bits per heavy atom. The molecule has 1 aromatic rings. The van der Waals surface area contributed by atoms with Gasteiger partial charge in [-0.2, -0.15) is 0 Å². The third-order valence-corrected chi connectivity index (χ3v) is 2.98. The van der Waals surface area contributed by atoms with Crippen LogP contribution in [0.5, 0.6) is 0 Å². The number of carbonyl (C=O) groups excluding carboxylic acids is 1. The number of rotatable bonds is 3. The van der Waals surface area contributed by atoms with Crippen LogP contribution in [0.25, 0.3) is 0 Å². The van der Waals surface area contributed by atoms with Gasteiger partial charge in [-0.25, -0.2) is 4.79 Å². The van der Waals surface area contributed by atoms with Crippen molar-refractivity contribution < 1.29 is 14.7 Å². The lowest BCUT2D eigenvalue weighted by molar-refractivity contribution is 0.0697. The summed E-state index contributed by atoms with van der Waals surface area (Å²) in [6.45, 7) is 0. The normalized spacial score (nSPS) is 18.3. The van der Waals surface area contributed by atoms with E-state index < -0.39 is 5.97 Å². The number of benzene rings is 1. The number of hydrogen-bond acceptors (Lipinski definition) is 2. The van der Waals surface area contributed by atoms with Crippen molar-refractivity contribution in [3.05, 3.63) is 47.5 Å². The first kappa shape index (κ1) is 12.4. The summed E-state index contributed by atoms with van der Waals surface area (Å²) in [5.74, 6) is -1.23. The summed E-state index contributed by atoms with van der Waals surface area (Å²) >= 11 is 0. The molecular weight excluding hydrogens is 230 g/mol. The minimum absolute atomic E-state index is 0.131. The Bertz CT molecular complexity index is 494. The van der Waals surface area contributed by atoms with Crippen LogP contribution >= 0.6 is 0 Å². The van der Waals surface area contributed by atoms with Gasteiger partial charge in [0, 0.05) is 11.6 Å². The molecule has 0 aromatic heterocycles. The fourth-order valence-corrected chi connectivity index (χ4v) is 1.99. The quantitative estimate of drug-likeness (QED) is 0.802. The van der Waals surface area contributed by atoms with Crippen LogP contribution in [0.2, 0.25) is 0 Å². The molecule has 1 atom stereocenters. The number of carboxylic acid groups (broad SMARTS) is 1. The van der Waals surface area contributed by atoms with Gasteiger partial charge in [0.1, 0.15) is 0 Å². The van der Waals surface area contributed by atoms with E-state index in [0.717, 1.165) is 19.3 Å². The van der Waals surface area contributed by atoms with Crippen molar-refractivity contribution in [2.75, 3.05) is 0 Å². The molecule has 0 heterocycles. The first-order valence-corrected chi connectivity index (χ1v) is 5.96. The number of aromatic carboxylic acids is 1. The van der Waals surface area contributed by atoms with E-state index in [4.69, 9.17) is 5.11 Å². The molecule has 0 aliphatic heterocycles. The Morgan fingerprint density at radius 1 is 1.22 bits per heavy atom. The first-order valence-electron chi connectivity index (χ1n) is 5.96. The summed E-state index contributed by atoms with van der Waals surface area (Å²) in [7, 11) is 0. The molecule has 4 nitrogen and oxygen atoms in total. The van der Waals surface area contributed by atoms with Crippen LogP contribution in [0, 0.1) is 0 Å². The van der Waals surface area contributed by atoms with Gasteiger partial charge in [0.25, 0.3) is 5.91 Å². The molecule has 2 rings (SSSR count). The molecule has 0 saturated heterocycles. The topological polar surface area (TPSA) is 66.4 Å². The van der Waals surface area contributed by atoms with Crippen LogP contribution in [-0.4, -0.2) is 23.0 Å². The van der Waals surface area contributed by atoms with E-state index >= 15 is 0 Å². The fourth-order valence-electron chi connectivity index (χ4n) is 1.99. The molecule has 4 heteroatoms. The molecule has 1 aliphatic rings. The van der Waals surface area contributed by atoms with Gasteiger partial charge in [-0.1, -0.05) is 18.2 Å². The second-order valence-electron chi connectivity index (χ2n) is 4.34. The fraction of sp³-hybridized carbons (Fsp3) is 0.286. The lowest BCUT2D eigenvalue weighted by Gasteiger charge is -2.19. The van der Waals surface area contributed by atoms with Crippen LogP contribution in [-0.2, 0) is 0 Å². The second kappa shape index (κ2) is 5.49. The van der Waals surface area contributed by atoms with E-state index in [1.165, 1.54) is 12.1 Å². The molecule has 1 aromatic carbocycles. The van der Waals surface area contributed by atoms with Crippen molar-refractivity contribution in [1.29, 1.82) is 0 Å². The van der Waals surface area contributed by atoms with Crippen molar-refractivity contribution in [2.24, 2.45) is 0 Å². The monoisotopic (exact) mass is 245 g/mol. The van der Waals surface area contributed by atoms with Crippen LogP contribution in [0.1, 0.15) is 40.0 Å². The Kier molecular flexibility index (Phi) is 3.77. The average Bonchev–Trinajstić information content (AvgIpc) is 2.40. The van der Waals surface area contributed by atoms with Crippen molar-refractivity contribution >= 4 is 11.9 Å². The summed E-state index contributed by atoms with van der Waals surface area (Å²) in [5.41, 5.74) is 0.524. The van der Waals surface area contributed by atoms with E-state index in [-0.39, 0.29) is 17.5 Å². The van der Waals surface area contributed by atoms with E-state index in [0.29, 0.717) is 5.56 Å². The number of carbonyl (C=O) groups is 2. The van der Waals surface area contributed by atoms with Crippen molar-refractivity contribution in [1.82, 2.24) is 5.32 Å². The highest BCUT2D eigenvalue weighted by Gasteiger charge is 2.15. The van der Waals surface area contributed by atoms with Crippen LogP contribution in [0.15, 0.2) is 36.4 Å². The average molecular weight is 245 g/mol. The standard InChI is InChI=1S/C14H15NO3/c16-13(15-12-7-2-1-3-8-12)10-5-4-6-11(9-10)14(17)18/h1-2,4-6,9,12H,3,7-8H2,(H,15,16)(H,17,18). The maximum absolute atomic E-state index is 12.0. The minimum Gasteiger partial charge on any atom is -0.478 e. The molecule has 0 bridgehead atoms. The van der Waals surface area contributed by atoms with Gasteiger partial charge >= 0.3 is 5.97 Å². The summed E-state index contributed by atoms with van der Waals surface area (Å²) < 4.78 is 0. The predicted molar refractivity (Wildman–Crippen MR) is 67.6 cm³/mol. The highest BCUT2D eigenvalue weighted by molar-refractivity contribution is 5.97. The van der Waals surface area contributed by atoms with Crippen molar-refractivity contribution in [3.8, 4) is 0 Å². The van der Waals surface area contributed by atoms with E-state index in [9.17, 15) is 9.59 Å². The van der Waals surface area contributed by atoms with Gasteiger partial charge in [-0.05, 0) is 37.5 Å². The largest absolute Gasteiger partial charge is 0.478 e. The third kappa shape index (κ3) is 2.97. The van der Waals surface area contributed by atoms with Gasteiger partial charge in [0.05, 0.1) is 5.56 Å². The van der Waals surface area contributed by atoms with Crippen LogP contribution in [0.3, 0.4) is 0 Å². The van der Waals surface area contributed by atoms with Gasteiger partial charge in [0.2, 0.25) is 0 Å². The van der Waals surface area contributed by atoms with E-state index in [1.54, 1.807) is 12.1 Å². The molecule has 18 heavy (non-hydrogen) atoms. The summed E-state index contributed by atoms with van der Waals surface area (Å²) in [5, 5.41) is 11.8. The lowest BCUT2D eigenvalue weighted by atomic mass is 10.0. The molecule has 1 aliphatic carbocycles. The maximum atomic E-state index is 12.0. The predicted octanol–water partition coefficient (Wildman–Crippen LogP) is 2.22. The van der Waals surface area contributed by atoms with Gasteiger partial charge in [0.15, 0.2) is 0 Å². The minimum atomic E-state index is -1.02. The molecule has 0 radical (unpaired) electrons. The Morgan fingerprint density at radius 3 is 2.67 bits per heavy atom. The van der Waals surface area contributed by atoms with Crippen LogP contribution in [0.4, 0.5) is 0 Å². The molecule has 1 amide bonds. The van der Waals surface area contributed by atoms with Crippen molar-refractivity contribution in [3.63, 3.8) is 0 Å². The number of carboxylic acids is 1. The molecule has 2 N–H and O–H groups in total. The van der Waals surface area contributed by atoms with E-state index in [2.05, 4.69) is 17.5 Å². The number of nitrogens with one attached hydrogen (secondary N) is 1. The van der Waals surface area contributed by atoms with Gasteiger partial charge in [-0.3, -0.25) is 4.79 Å². The second-order valence-corrected chi connectivity index (χ2v) is 4.34. The number of allylic oxidation sites excluding steroid dienone is 1. The van der Waals surface area contributed by atoms with Gasteiger partial charge in [-0.15, -0.1) is 0 Å². The Balaban J connectivity index is 2.06. The maximum Gasteiger partial charge on any atom is 0.335 e. The van der Waals surface area contributed by atoms with Gasteiger partial charge < -0.3 is 10.4 Å². The Labute approximate surface area is 105 Å².